The first-order valence-corrected chi connectivity index (χ1v) is 19.8. The molecule has 2 aliphatic rings. The lowest BCUT2D eigenvalue weighted by atomic mass is 9.95. The van der Waals surface area contributed by atoms with Crippen molar-refractivity contribution in [1.82, 2.24) is 30.4 Å². The molecule has 0 radical (unpaired) electrons. The average Bonchev–Trinajstić information content (AvgIpc) is 3.99. The van der Waals surface area contributed by atoms with Crippen molar-refractivity contribution >= 4 is 40.6 Å². The minimum absolute atomic E-state index is 0.0160. The number of amides is 4. The Kier molecular flexibility index (Phi) is 12.3. The SMILES string of the molecule is COC(=O)N[C@H](C(=O)N1CCC[C@H]1C(=O)Cc1ccc2cc(-c3ccc(-c4cnc([C@]5(C)CCCN5C(=O)[C@@H](NC(=O)OC)C(C)C)[nH]4)cc3)ccc2c1)C(C)C. The summed E-state index contributed by atoms with van der Waals surface area (Å²) in [5, 5.41) is 7.40. The summed E-state index contributed by atoms with van der Waals surface area (Å²) in [6.07, 6.45) is 3.59. The zero-order valence-corrected chi connectivity index (χ0v) is 33.9. The molecule has 302 valence electrons. The van der Waals surface area contributed by atoms with Crippen molar-refractivity contribution in [2.24, 2.45) is 11.8 Å². The molecule has 0 bridgehead atoms. The fourth-order valence-corrected chi connectivity index (χ4v) is 8.16. The van der Waals surface area contributed by atoms with Gasteiger partial charge in [-0.25, -0.2) is 14.6 Å². The number of hydrogen-bond donors (Lipinski definition) is 3. The van der Waals surface area contributed by atoms with Crippen LogP contribution in [0.5, 0.6) is 0 Å². The van der Waals surface area contributed by atoms with Crippen LogP contribution in [0.25, 0.3) is 33.2 Å². The highest BCUT2D eigenvalue weighted by atomic mass is 16.5. The van der Waals surface area contributed by atoms with Gasteiger partial charge >= 0.3 is 12.2 Å². The third kappa shape index (κ3) is 8.67. The third-order valence-corrected chi connectivity index (χ3v) is 11.5. The lowest BCUT2D eigenvalue weighted by Crippen LogP contribution is -2.55. The van der Waals surface area contributed by atoms with E-state index in [1.54, 1.807) is 11.1 Å². The highest BCUT2D eigenvalue weighted by Gasteiger charge is 2.46. The molecule has 4 atom stereocenters. The molecule has 0 aliphatic carbocycles. The van der Waals surface area contributed by atoms with Crippen molar-refractivity contribution in [3.8, 4) is 22.4 Å². The Balaban J connectivity index is 1.12. The van der Waals surface area contributed by atoms with Crippen LogP contribution in [0.1, 0.15) is 71.7 Å². The lowest BCUT2D eigenvalue weighted by molar-refractivity contribution is -0.139. The minimum atomic E-state index is -0.770. The quantitative estimate of drug-likeness (QED) is 0.145. The molecule has 3 heterocycles. The molecular formula is C44H54N6O7. The number of fused-ring (bicyclic) bond motifs is 1. The predicted molar refractivity (Wildman–Crippen MR) is 217 cm³/mol. The fourth-order valence-electron chi connectivity index (χ4n) is 8.16. The maximum atomic E-state index is 13.7. The molecule has 4 aromatic rings. The van der Waals surface area contributed by atoms with E-state index in [-0.39, 0.29) is 35.9 Å². The van der Waals surface area contributed by atoms with Crippen LogP contribution in [0, 0.1) is 11.8 Å². The molecule has 13 nitrogen and oxygen atoms in total. The van der Waals surface area contributed by atoms with Gasteiger partial charge in [0.15, 0.2) is 5.78 Å². The Labute approximate surface area is 333 Å². The van der Waals surface area contributed by atoms with Gasteiger partial charge in [-0.3, -0.25) is 14.4 Å². The molecule has 57 heavy (non-hydrogen) atoms. The number of alkyl carbamates (subject to hydrolysis) is 2. The van der Waals surface area contributed by atoms with Crippen LogP contribution in [-0.4, -0.2) is 95.0 Å². The number of rotatable bonds is 12. The molecule has 3 N–H and O–H groups in total. The van der Waals surface area contributed by atoms with Crippen molar-refractivity contribution in [1.29, 1.82) is 0 Å². The van der Waals surface area contributed by atoms with Crippen LogP contribution in [0.4, 0.5) is 9.59 Å². The van der Waals surface area contributed by atoms with Crippen molar-refractivity contribution in [3.63, 3.8) is 0 Å². The van der Waals surface area contributed by atoms with Gasteiger partial charge in [-0.2, -0.15) is 0 Å². The molecule has 13 heteroatoms. The minimum Gasteiger partial charge on any atom is -0.453 e. The number of hydrogen-bond acceptors (Lipinski definition) is 8. The number of nitrogens with one attached hydrogen (secondary N) is 3. The molecule has 2 saturated heterocycles. The summed E-state index contributed by atoms with van der Waals surface area (Å²) in [6.45, 7) is 10.6. The van der Waals surface area contributed by atoms with Crippen LogP contribution in [0.15, 0.2) is 66.9 Å². The number of aromatic nitrogens is 2. The Bertz CT molecular complexity index is 2130. The number of ketones is 1. The highest BCUT2D eigenvalue weighted by Crippen LogP contribution is 2.39. The lowest BCUT2D eigenvalue weighted by Gasteiger charge is -2.37. The van der Waals surface area contributed by atoms with Crippen LogP contribution in [0.3, 0.4) is 0 Å². The summed E-state index contributed by atoms with van der Waals surface area (Å²) in [6, 6.07) is 18.5. The Morgan fingerprint density at radius 2 is 1.39 bits per heavy atom. The van der Waals surface area contributed by atoms with E-state index in [9.17, 15) is 24.0 Å². The number of benzene rings is 3. The molecule has 1 aromatic heterocycles. The molecular weight excluding hydrogens is 725 g/mol. The number of nitrogens with zero attached hydrogens (tertiary/aromatic N) is 3. The summed E-state index contributed by atoms with van der Waals surface area (Å²) in [4.78, 5) is 76.4. The van der Waals surface area contributed by atoms with Gasteiger partial charge in [-0.05, 0) is 83.5 Å². The van der Waals surface area contributed by atoms with Gasteiger partial charge in [0.05, 0.1) is 37.7 Å². The van der Waals surface area contributed by atoms with Gasteiger partial charge in [0, 0.05) is 19.5 Å². The van der Waals surface area contributed by atoms with Crippen LogP contribution in [-0.2, 0) is 35.8 Å². The standard InChI is InChI=1S/C44H54N6O7/c1-26(2)37(47-42(54)56-6)39(52)49-20-8-10-35(49)36(51)23-28-11-12-33-24-32(18-17-31(33)22-28)29-13-15-30(16-14-29)34-25-45-41(46-34)44(5)19-9-21-50(44)40(53)38(27(3)4)48-43(55)57-7/h11-18,22,24-27,35,37-38H,8-10,19-21,23H2,1-7H3,(H,45,46)(H,47,54)(H,48,55)/t35-,37-,38-,44-/m0/s1. The predicted octanol–water partition coefficient (Wildman–Crippen LogP) is 6.60. The Hall–Kier alpha value is -5.72. The number of carbonyl (C=O) groups excluding carboxylic acids is 5. The number of carbonyl (C=O) groups is 5. The fraction of sp³-hybridized carbons (Fsp3) is 0.455. The van der Waals surface area contributed by atoms with Crippen molar-refractivity contribution in [3.05, 3.63) is 78.2 Å². The second kappa shape index (κ2) is 17.2. The molecule has 0 unspecified atom stereocenters. The van der Waals surface area contributed by atoms with Crippen molar-refractivity contribution < 1.29 is 33.4 Å². The van der Waals surface area contributed by atoms with Gasteiger partial charge in [-0.1, -0.05) is 82.3 Å². The molecule has 2 aliphatic heterocycles. The largest absolute Gasteiger partial charge is 0.453 e. The number of imidazole rings is 1. The van der Waals surface area contributed by atoms with Crippen LogP contribution < -0.4 is 10.6 Å². The van der Waals surface area contributed by atoms with E-state index in [0.717, 1.165) is 58.0 Å². The first-order valence-electron chi connectivity index (χ1n) is 19.8. The summed E-state index contributed by atoms with van der Waals surface area (Å²) < 4.78 is 9.50. The van der Waals surface area contributed by atoms with Crippen LogP contribution in [0.2, 0.25) is 0 Å². The third-order valence-electron chi connectivity index (χ3n) is 11.5. The van der Waals surface area contributed by atoms with E-state index in [1.807, 2.05) is 69.9 Å². The van der Waals surface area contributed by atoms with Gasteiger partial charge in [-0.15, -0.1) is 0 Å². The Morgan fingerprint density at radius 3 is 2.04 bits per heavy atom. The average molecular weight is 779 g/mol. The number of Topliss-reactive ketones (excluding diaryl/α,β-unsaturated/α-hetero) is 1. The number of methoxy groups -OCH3 is 2. The number of ether oxygens (including phenoxy) is 2. The molecule has 6 rings (SSSR count). The van der Waals surface area contributed by atoms with Gasteiger partial charge in [0.25, 0.3) is 0 Å². The topological polar surface area (TPSA) is 163 Å². The van der Waals surface area contributed by atoms with E-state index in [0.29, 0.717) is 25.3 Å². The monoisotopic (exact) mass is 778 g/mol. The van der Waals surface area contributed by atoms with Gasteiger partial charge in [0.1, 0.15) is 17.9 Å². The molecule has 4 amide bonds. The summed E-state index contributed by atoms with van der Waals surface area (Å²) >= 11 is 0. The number of aromatic amines is 1. The highest BCUT2D eigenvalue weighted by molar-refractivity contribution is 5.95. The van der Waals surface area contributed by atoms with E-state index < -0.39 is 35.9 Å². The first kappa shape index (κ1) is 40.9. The van der Waals surface area contributed by atoms with E-state index >= 15 is 0 Å². The maximum Gasteiger partial charge on any atom is 0.407 e. The first-order chi connectivity index (χ1) is 27.2. The smallest absolute Gasteiger partial charge is 0.407 e. The van der Waals surface area contributed by atoms with Gasteiger partial charge < -0.3 is 34.9 Å². The van der Waals surface area contributed by atoms with Crippen LogP contribution >= 0.6 is 0 Å². The van der Waals surface area contributed by atoms with Crippen molar-refractivity contribution in [2.45, 2.75) is 90.4 Å². The summed E-state index contributed by atoms with van der Waals surface area (Å²) in [5.41, 5.74) is 4.12. The number of H-pyrrole nitrogens is 1. The normalized spacial score (nSPS) is 19.1. The molecule has 3 aromatic carbocycles. The molecule has 2 fully saturated rings. The second-order valence-electron chi connectivity index (χ2n) is 16.0. The van der Waals surface area contributed by atoms with E-state index in [1.165, 1.54) is 14.2 Å². The Morgan fingerprint density at radius 1 is 0.789 bits per heavy atom. The van der Waals surface area contributed by atoms with Crippen molar-refractivity contribution in [2.75, 3.05) is 27.3 Å². The summed E-state index contributed by atoms with van der Waals surface area (Å²) in [5.74, 6) is -0.0247. The summed E-state index contributed by atoms with van der Waals surface area (Å²) in [7, 11) is 2.55. The van der Waals surface area contributed by atoms with Gasteiger partial charge in [0.2, 0.25) is 11.8 Å². The van der Waals surface area contributed by atoms with E-state index in [4.69, 9.17) is 14.5 Å². The number of likely N-dealkylation sites (tertiary alicyclic amines) is 2. The second-order valence-corrected chi connectivity index (χ2v) is 16.0. The molecule has 0 spiro atoms. The zero-order valence-electron chi connectivity index (χ0n) is 33.9. The maximum absolute atomic E-state index is 13.7. The van der Waals surface area contributed by atoms with E-state index in [2.05, 4.69) is 45.9 Å². The molecule has 0 saturated carbocycles. The zero-order chi connectivity index (χ0) is 41.0.